The van der Waals surface area contributed by atoms with Crippen LogP contribution in [0.3, 0.4) is 0 Å². The Kier molecular flexibility index (Phi) is 2.78. The molecule has 78 valence electrons. The van der Waals surface area contributed by atoms with Gasteiger partial charge in [0.15, 0.2) is 0 Å². The van der Waals surface area contributed by atoms with Crippen LogP contribution in [-0.4, -0.2) is 22.5 Å². The van der Waals surface area contributed by atoms with Crippen LogP contribution in [-0.2, 0) is 0 Å². The highest BCUT2D eigenvalue weighted by molar-refractivity contribution is 4.99. The summed E-state index contributed by atoms with van der Waals surface area (Å²) in [5.74, 6) is 0.759. The molecule has 0 saturated carbocycles. The van der Waals surface area contributed by atoms with E-state index >= 15 is 0 Å². The summed E-state index contributed by atoms with van der Waals surface area (Å²) in [5, 5.41) is 0. The maximum Gasteiger partial charge on any atom is 0.0209 e. The van der Waals surface area contributed by atoms with E-state index in [2.05, 4.69) is 46.4 Å². The van der Waals surface area contributed by atoms with E-state index in [1.165, 1.54) is 19.4 Å². The van der Waals surface area contributed by atoms with E-state index in [9.17, 15) is 0 Å². The predicted octanol–water partition coefficient (Wildman–Crippen LogP) is 3.30. The van der Waals surface area contributed by atoms with Gasteiger partial charge in [0.05, 0.1) is 0 Å². The Hall–Kier alpha value is -0.0400. The molecule has 1 fully saturated rings. The third-order valence-electron chi connectivity index (χ3n) is 3.73. The standard InChI is InChI=1S/C12H25N/c1-10(2)12(6)8-7-9-13(12)11(3,4)5/h10H,7-9H2,1-6H3. The summed E-state index contributed by atoms with van der Waals surface area (Å²) < 4.78 is 0. The van der Waals surface area contributed by atoms with Gasteiger partial charge in [-0.05, 0) is 53.0 Å². The van der Waals surface area contributed by atoms with Crippen LogP contribution in [0.5, 0.6) is 0 Å². The van der Waals surface area contributed by atoms with Gasteiger partial charge in [-0.1, -0.05) is 13.8 Å². The fourth-order valence-electron chi connectivity index (χ4n) is 2.69. The minimum atomic E-state index is 0.329. The van der Waals surface area contributed by atoms with Gasteiger partial charge < -0.3 is 0 Å². The summed E-state index contributed by atoms with van der Waals surface area (Å²) in [4.78, 5) is 2.69. The van der Waals surface area contributed by atoms with Crippen molar-refractivity contribution in [2.24, 2.45) is 5.92 Å². The molecule has 1 saturated heterocycles. The topological polar surface area (TPSA) is 3.24 Å². The van der Waals surface area contributed by atoms with Crippen LogP contribution in [0.4, 0.5) is 0 Å². The highest BCUT2D eigenvalue weighted by atomic mass is 15.3. The molecule has 1 atom stereocenters. The minimum Gasteiger partial charge on any atom is -0.293 e. The Bertz CT molecular complexity index is 178. The first-order valence-electron chi connectivity index (χ1n) is 5.56. The lowest BCUT2D eigenvalue weighted by Gasteiger charge is -2.46. The van der Waals surface area contributed by atoms with Crippen molar-refractivity contribution in [3.8, 4) is 0 Å². The molecule has 1 aliphatic heterocycles. The Balaban J connectivity index is 2.86. The summed E-state index contributed by atoms with van der Waals surface area (Å²) in [5.41, 5.74) is 0.758. The molecule has 13 heavy (non-hydrogen) atoms. The molecule has 0 bridgehead atoms. The SMILES string of the molecule is CC(C)C1(C)CCCN1C(C)(C)C. The molecule has 0 aromatic rings. The second kappa shape index (κ2) is 3.27. The number of hydrogen-bond donors (Lipinski definition) is 0. The van der Waals surface area contributed by atoms with E-state index < -0.39 is 0 Å². The summed E-state index contributed by atoms with van der Waals surface area (Å²) in [7, 11) is 0. The molecule has 1 heterocycles. The van der Waals surface area contributed by atoms with Gasteiger partial charge in [0.25, 0.3) is 0 Å². The molecule has 1 nitrogen and oxygen atoms in total. The normalized spacial score (nSPS) is 31.6. The van der Waals surface area contributed by atoms with Gasteiger partial charge in [0, 0.05) is 11.1 Å². The number of rotatable bonds is 1. The second-order valence-corrected chi connectivity index (χ2v) is 5.94. The Morgan fingerprint density at radius 3 is 2.08 bits per heavy atom. The molecule has 0 N–H and O–H groups in total. The zero-order valence-electron chi connectivity index (χ0n) is 10.1. The first-order valence-corrected chi connectivity index (χ1v) is 5.56. The predicted molar refractivity (Wildman–Crippen MR) is 58.9 cm³/mol. The zero-order valence-corrected chi connectivity index (χ0v) is 10.1. The smallest absolute Gasteiger partial charge is 0.0209 e. The highest BCUT2D eigenvalue weighted by Crippen LogP contribution is 2.39. The van der Waals surface area contributed by atoms with Crippen LogP contribution >= 0.6 is 0 Å². The third-order valence-corrected chi connectivity index (χ3v) is 3.73. The van der Waals surface area contributed by atoms with Gasteiger partial charge in [0.2, 0.25) is 0 Å². The quantitative estimate of drug-likeness (QED) is 0.603. The number of nitrogens with zero attached hydrogens (tertiary/aromatic N) is 1. The van der Waals surface area contributed by atoms with E-state index in [1.807, 2.05) is 0 Å². The van der Waals surface area contributed by atoms with Crippen molar-refractivity contribution in [2.75, 3.05) is 6.54 Å². The van der Waals surface area contributed by atoms with Crippen molar-refractivity contribution >= 4 is 0 Å². The van der Waals surface area contributed by atoms with E-state index in [1.54, 1.807) is 0 Å². The second-order valence-electron chi connectivity index (χ2n) is 5.94. The summed E-state index contributed by atoms with van der Waals surface area (Å²) in [6.45, 7) is 15.4. The van der Waals surface area contributed by atoms with Gasteiger partial charge >= 0.3 is 0 Å². The van der Waals surface area contributed by atoms with Gasteiger partial charge in [0.1, 0.15) is 0 Å². The maximum absolute atomic E-state index is 2.69. The summed E-state index contributed by atoms with van der Waals surface area (Å²) in [6.07, 6.45) is 2.73. The summed E-state index contributed by atoms with van der Waals surface area (Å²) in [6, 6.07) is 0. The molecular formula is C12H25N. The van der Waals surface area contributed by atoms with Gasteiger partial charge in [-0.15, -0.1) is 0 Å². The van der Waals surface area contributed by atoms with Crippen LogP contribution in [0.1, 0.15) is 54.4 Å². The Labute approximate surface area is 83.5 Å². The number of likely N-dealkylation sites (tertiary alicyclic amines) is 1. The molecule has 0 aromatic heterocycles. The molecule has 0 aliphatic carbocycles. The van der Waals surface area contributed by atoms with Crippen molar-refractivity contribution in [2.45, 2.75) is 65.5 Å². The van der Waals surface area contributed by atoms with Crippen LogP contribution in [0, 0.1) is 5.92 Å². The lowest BCUT2D eigenvalue weighted by Crippen LogP contribution is -2.54. The fourth-order valence-corrected chi connectivity index (χ4v) is 2.69. The maximum atomic E-state index is 2.69. The van der Waals surface area contributed by atoms with Crippen LogP contribution in [0.15, 0.2) is 0 Å². The molecule has 1 rings (SSSR count). The average molecular weight is 183 g/mol. The van der Waals surface area contributed by atoms with E-state index in [-0.39, 0.29) is 0 Å². The first kappa shape index (κ1) is 11.0. The van der Waals surface area contributed by atoms with E-state index in [0.717, 1.165) is 5.92 Å². The van der Waals surface area contributed by atoms with Crippen molar-refractivity contribution in [1.82, 2.24) is 4.90 Å². The lowest BCUT2D eigenvalue weighted by atomic mass is 9.83. The van der Waals surface area contributed by atoms with E-state index in [0.29, 0.717) is 11.1 Å². The molecule has 1 heteroatoms. The molecule has 0 amide bonds. The molecule has 0 radical (unpaired) electrons. The van der Waals surface area contributed by atoms with Crippen LogP contribution in [0.2, 0.25) is 0 Å². The monoisotopic (exact) mass is 183 g/mol. The largest absolute Gasteiger partial charge is 0.293 e. The zero-order chi connectivity index (χ0) is 10.3. The van der Waals surface area contributed by atoms with Crippen molar-refractivity contribution in [3.05, 3.63) is 0 Å². The van der Waals surface area contributed by atoms with Crippen LogP contribution in [0.25, 0.3) is 0 Å². The lowest BCUT2D eigenvalue weighted by molar-refractivity contribution is 0.0239. The van der Waals surface area contributed by atoms with Gasteiger partial charge in [-0.25, -0.2) is 0 Å². The third kappa shape index (κ3) is 1.90. The molecule has 1 unspecified atom stereocenters. The molecule has 1 aliphatic rings. The molecule has 0 spiro atoms. The minimum absolute atomic E-state index is 0.329. The average Bonchev–Trinajstić information content (AvgIpc) is 2.31. The molecular weight excluding hydrogens is 158 g/mol. The van der Waals surface area contributed by atoms with Crippen molar-refractivity contribution < 1.29 is 0 Å². The Morgan fingerprint density at radius 2 is 1.77 bits per heavy atom. The van der Waals surface area contributed by atoms with Gasteiger partial charge in [-0.2, -0.15) is 0 Å². The summed E-state index contributed by atoms with van der Waals surface area (Å²) >= 11 is 0. The van der Waals surface area contributed by atoms with Crippen molar-refractivity contribution in [3.63, 3.8) is 0 Å². The number of hydrogen-bond acceptors (Lipinski definition) is 1. The van der Waals surface area contributed by atoms with E-state index in [4.69, 9.17) is 0 Å². The highest BCUT2D eigenvalue weighted by Gasteiger charge is 2.43. The molecule has 0 aromatic carbocycles. The Morgan fingerprint density at radius 1 is 1.23 bits per heavy atom. The first-order chi connectivity index (χ1) is 5.78. The van der Waals surface area contributed by atoms with Crippen LogP contribution < -0.4 is 0 Å². The van der Waals surface area contributed by atoms with Gasteiger partial charge in [-0.3, -0.25) is 4.90 Å². The fraction of sp³-hybridized carbons (Fsp3) is 1.00. The van der Waals surface area contributed by atoms with Crippen molar-refractivity contribution in [1.29, 1.82) is 0 Å².